The highest BCUT2D eigenvalue weighted by Gasteiger charge is 2.14. The van der Waals surface area contributed by atoms with Crippen LogP contribution in [-0.2, 0) is 0 Å². The number of allylic oxidation sites excluding steroid dienone is 2. The molecule has 2 aromatic rings. The highest BCUT2D eigenvalue weighted by molar-refractivity contribution is 5.64. The molecule has 0 radical (unpaired) electrons. The normalized spacial score (nSPS) is 11.6. The summed E-state index contributed by atoms with van der Waals surface area (Å²) in [5.41, 5.74) is 4.16. The van der Waals surface area contributed by atoms with E-state index in [-0.39, 0.29) is 0 Å². The van der Waals surface area contributed by atoms with E-state index in [4.69, 9.17) is 9.47 Å². The number of hydrogen-bond donors (Lipinski definition) is 0. The summed E-state index contributed by atoms with van der Waals surface area (Å²) >= 11 is 0. The Labute approximate surface area is 131 Å². The minimum Gasteiger partial charge on any atom is -0.493 e. The van der Waals surface area contributed by atoms with Crippen LogP contribution in [0.15, 0.2) is 24.4 Å². The van der Waals surface area contributed by atoms with Crippen LogP contribution in [0.2, 0.25) is 0 Å². The van der Waals surface area contributed by atoms with Crippen molar-refractivity contribution in [2.75, 3.05) is 14.2 Å². The second-order valence-corrected chi connectivity index (χ2v) is 5.02. The summed E-state index contributed by atoms with van der Waals surface area (Å²) in [5.74, 6) is 1.43. The molecule has 0 atom stereocenters. The van der Waals surface area contributed by atoms with Crippen molar-refractivity contribution in [1.82, 2.24) is 15.0 Å². The van der Waals surface area contributed by atoms with Gasteiger partial charge in [-0.15, -0.1) is 5.10 Å². The van der Waals surface area contributed by atoms with Gasteiger partial charge in [-0.05, 0) is 37.0 Å². The summed E-state index contributed by atoms with van der Waals surface area (Å²) in [5, 5.41) is 8.32. The van der Waals surface area contributed by atoms with Crippen molar-refractivity contribution in [3.05, 3.63) is 35.7 Å². The van der Waals surface area contributed by atoms with Crippen LogP contribution >= 0.6 is 0 Å². The Hall–Kier alpha value is -2.30. The fraction of sp³-hybridized carbons (Fsp3) is 0.412. The van der Waals surface area contributed by atoms with Gasteiger partial charge < -0.3 is 9.47 Å². The van der Waals surface area contributed by atoms with Crippen molar-refractivity contribution < 1.29 is 9.47 Å². The van der Waals surface area contributed by atoms with Gasteiger partial charge >= 0.3 is 0 Å². The molecule has 22 heavy (non-hydrogen) atoms. The second kappa shape index (κ2) is 7.11. The summed E-state index contributed by atoms with van der Waals surface area (Å²) in [6, 6.07) is 3.95. The molecule has 0 unspecified atom stereocenters. The standard InChI is InChI=1S/C17H23N3O2/c1-6-8-13(7-2)15-11-18-19-20(15)14-9-12(3)17(22-5)16(10-14)21-4/h8-11H,6-7H2,1-5H3/b13-8+. The molecule has 0 bridgehead atoms. The zero-order chi connectivity index (χ0) is 16.1. The quantitative estimate of drug-likeness (QED) is 0.814. The lowest BCUT2D eigenvalue weighted by molar-refractivity contribution is 0.352. The molecule has 0 amide bonds. The highest BCUT2D eigenvalue weighted by Crippen LogP contribution is 2.34. The van der Waals surface area contributed by atoms with Crippen molar-refractivity contribution in [3.63, 3.8) is 0 Å². The van der Waals surface area contributed by atoms with Crippen LogP contribution in [0.3, 0.4) is 0 Å². The molecule has 0 N–H and O–H groups in total. The van der Waals surface area contributed by atoms with Crippen LogP contribution in [0.25, 0.3) is 11.3 Å². The van der Waals surface area contributed by atoms with Gasteiger partial charge in [0.2, 0.25) is 0 Å². The molecular weight excluding hydrogens is 278 g/mol. The summed E-state index contributed by atoms with van der Waals surface area (Å²) in [7, 11) is 3.28. The average molecular weight is 301 g/mol. The minimum absolute atomic E-state index is 0.691. The molecule has 0 fully saturated rings. The maximum absolute atomic E-state index is 5.43. The van der Waals surface area contributed by atoms with E-state index in [1.807, 2.05) is 23.7 Å². The van der Waals surface area contributed by atoms with E-state index in [1.54, 1.807) is 20.4 Å². The van der Waals surface area contributed by atoms with E-state index >= 15 is 0 Å². The van der Waals surface area contributed by atoms with Gasteiger partial charge in [-0.1, -0.05) is 25.1 Å². The van der Waals surface area contributed by atoms with Gasteiger partial charge in [-0.3, -0.25) is 0 Å². The van der Waals surface area contributed by atoms with Gasteiger partial charge in [0.15, 0.2) is 11.5 Å². The summed E-state index contributed by atoms with van der Waals surface area (Å²) < 4.78 is 12.7. The maximum Gasteiger partial charge on any atom is 0.163 e. The lowest BCUT2D eigenvalue weighted by Crippen LogP contribution is -2.04. The van der Waals surface area contributed by atoms with Crippen LogP contribution in [0.5, 0.6) is 11.5 Å². The fourth-order valence-electron chi connectivity index (χ4n) is 2.58. The van der Waals surface area contributed by atoms with Gasteiger partial charge in [0.1, 0.15) is 0 Å². The van der Waals surface area contributed by atoms with Crippen LogP contribution < -0.4 is 9.47 Å². The van der Waals surface area contributed by atoms with E-state index < -0.39 is 0 Å². The van der Waals surface area contributed by atoms with Crippen LogP contribution in [0, 0.1) is 6.92 Å². The largest absolute Gasteiger partial charge is 0.493 e. The highest BCUT2D eigenvalue weighted by atomic mass is 16.5. The molecule has 0 saturated heterocycles. The minimum atomic E-state index is 0.691. The van der Waals surface area contributed by atoms with E-state index in [0.717, 1.165) is 35.5 Å². The Morgan fingerprint density at radius 1 is 1.23 bits per heavy atom. The molecule has 5 nitrogen and oxygen atoms in total. The zero-order valence-electron chi connectivity index (χ0n) is 13.9. The van der Waals surface area contributed by atoms with Gasteiger partial charge in [0.05, 0.1) is 31.8 Å². The van der Waals surface area contributed by atoms with Gasteiger partial charge in [-0.25, -0.2) is 4.68 Å². The van der Waals surface area contributed by atoms with Gasteiger partial charge in [0, 0.05) is 6.07 Å². The van der Waals surface area contributed by atoms with Gasteiger partial charge in [0.25, 0.3) is 0 Å². The third-order valence-electron chi connectivity index (χ3n) is 3.60. The number of benzene rings is 1. The molecule has 0 aliphatic heterocycles. The van der Waals surface area contributed by atoms with Crippen LogP contribution in [-0.4, -0.2) is 29.2 Å². The number of aryl methyl sites for hydroxylation is 1. The Kier molecular flexibility index (Phi) is 5.20. The average Bonchev–Trinajstić information content (AvgIpc) is 3.01. The molecule has 118 valence electrons. The predicted octanol–water partition coefficient (Wildman–Crippen LogP) is 3.80. The molecule has 2 rings (SSSR count). The fourth-order valence-corrected chi connectivity index (χ4v) is 2.58. The van der Waals surface area contributed by atoms with Crippen molar-refractivity contribution in [3.8, 4) is 17.2 Å². The number of hydrogen-bond acceptors (Lipinski definition) is 4. The first-order valence-electron chi connectivity index (χ1n) is 7.49. The van der Waals surface area contributed by atoms with Crippen LogP contribution in [0.1, 0.15) is 37.9 Å². The van der Waals surface area contributed by atoms with Crippen molar-refractivity contribution in [1.29, 1.82) is 0 Å². The Balaban J connectivity index is 2.57. The summed E-state index contributed by atoms with van der Waals surface area (Å²) in [6.07, 6.45) is 5.94. The van der Waals surface area contributed by atoms with E-state index in [9.17, 15) is 0 Å². The van der Waals surface area contributed by atoms with E-state index in [2.05, 4.69) is 30.2 Å². The Bertz CT molecular complexity index is 675. The van der Waals surface area contributed by atoms with Gasteiger partial charge in [-0.2, -0.15) is 0 Å². The molecule has 0 spiro atoms. The zero-order valence-corrected chi connectivity index (χ0v) is 13.9. The molecule has 0 aliphatic carbocycles. The molecule has 1 heterocycles. The Morgan fingerprint density at radius 3 is 2.59 bits per heavy atom. The van der Waals surface area contributed by atoms with Crippen molar-refractivity contribution in [2.24, 2.45) is 0 Å². The first kappa shape index (κ1) is 16.1. The molecule has 0 saturated carbocycles. The molecule has 1 aromatic carbocycles. The van der Waals surface area contributed by atoms with Crippen molar-refractivity contribution >= 4 is 5.57 Å². The van der Waals surface area contributed by atoms with Crippen LogP contribution in [0.4, 0.5) is 0 Å². The van der Waals surface area contributed by atoms with E-state index in [1.165, 1.54) is 5.57 Å². The number of nitrogens with zero attached hydrogens (tertiary/aromatic N) is 3. The molecule has 5 heteroatoms. The third kappa shape index (κ3) is 2.98. The summed E-state index contributed by atoms with van der Waals surface area (Å²) in [4.78, 5) is 0. The SMILES string of the molecule is CC/C=C(\CC)c1cnnn1-c1cc(C)c(OC)c(OC)c1. The van der Waals surface area contributed by atoms with Crippen molar-refractivity contribution in [2.45, 2.75) is 33.6 Å². The second-order valence-electron chi connectivity index (χ2n) is 5.02. The first-order chi connectivity index (χ1) is 10.7. The molecular formula is C17H23N3O2. The third-order valence-corrected chi connectivity index (χ3v) is 3.60. The lowest BCUT2D eigenvalue weighted by Gasteiger charge is -2.14. The molecule has 1 aromatic heterocycles. The first-order valence-corrected chi connectivity index (χ1v) is 7.49. The number of aromatic nitrogens is 3. The number of methoxy groups -OCH3 is 2. The number of ether oxygens (including phenoxy) is 2. The predicted molar refractivity (Wildman–Crippen MR) is 87.8 cm³/mol. The summed E-state index contributed by atoms with van der Waals surface area (Å²) in [6.45, 7) is 6.26. The smallest absolute Gasteiger partial charge is 0.163 e. The monoisotopic (exact) mass is 301 g/mol. The number of rotatable bonds is 6. The maximum atomic E-state index is 5.43. The van der Waals surface area contributed by atoms with E-state index in [0.29, 0.717) is 5.75 Å². The molecule has 0 aliphatic rings. The Morgan fingerprint density at radius 2 is 2.00 bits per heavy atom. The lowest BCUT2D eigenvalue weighted by atomic mass is 10.1. The topological polar surface area (TPSA) is 49.2 Å².